The largest absolute Gasteiger partial charge is 0.371 e. The summed E-state index contributed by atoms with van der Waals surface area (Å²) >= 11 is 0. The van der Waals surface area contributed by atoms with Gasteiger partial charge in [-0.2, -0.15) is 5.10 Å². The topological polar surface area (TPSA) is 49.9 Å². The fourth-order valence-electron chi connectivity index (χ4n) is 1.67. The fraction of sp³-hybridized carbons (Fsp3) is 0.364. The Morgan fingerprint density at radius 2 is 2.33 bits per heavy atom. The summed E-state index contributed by atoms with van der Waals surface area (Å²) < 4.78 is 5.69. The van der Waals surface area contributed by atoms with Gasteiger partial charge in [-0.1, -0.05) is 12.1 Å². The second-order valence-corrected chi connectivity index (χ2v) is 3.88. The Morgan fingerprint density at radius 1 is 1.40 bits per heavy atom. The Labute approximate surface area is 87.6 Å². The lowest BCUT2D eigenvalue weighted by Crippen LogP contribution is -2.48. The molecule has 78 valence electrons. The number of rotatable bonds is 3. The molecule has 0 bridgehead atoms. The number of nitrogens with zero attached hydrogens (tertiary/aromatic N) is 1. The molecule has 1 saturated heterocycles. The van der Waals surface area contributed by atoms with Crippen molar-refractivity contribution in [1.82, 2.24) is 15.5 Å². The SMILES string of the molecule is c1cc2cn[nH]c2cc1COC1CNC1. The first-order valence-electron chi connectivity index (χ1n) is 5.16. The maximum absolute atomic E-state index is 5.69. The molecule has 4 heteroatoms. The molecule has 0 saturated carbocycles. The van der Waals surface area contributed by atoms with Crippen LogP contribution in [0.25, 0.3) is 10.9 Å². The molecule has 1 aliphatic heterocycles. The highest BCUT2D eigenvalue weighted by Gasteiger charge is 2.16. The molecule has 2 heterocycles. The van der Waals surface area contributed by atoms with Gasteiger partial charge in [0.05, 0.1) is 24.4 Å². The molecule has 1 aliphatic rings. The van der Waals surface area contributed by atoms with Crippen molar-refractivity contribution in [2.45, 2.75) is 12.7 Å². The van der Waals surface area contributed by atoms with Crippen molar-refractivity contribution in [2.75, 3.05) is 13.1 Å². The number of H-pyrrole nitrogens is 1. The molecule has 4 nitrogen and oxygen atoms in total. The summed E-state index contributed by atoms with van der Waals surface area (Å²) in [5, 5.41) is 11.3. The lowest BCUT2D eigenvalue weighted by Gasteiger charge is -2.27. The summed E-state index contributed by atoms with van der Waals surface area (Å²) in [6, 6.07) is 6.24. The first-order valence-corrected chi connectivity index (χ1v) is 5.16. The van der Waals surface area contributed by atoms with Crippen LogP contribution in [0.4, 0.5) is 0 Å². The van der Waals surface area contributed by atoms with E-state index in [2.05, 4.69) is 33.7 Å². The van der Waals surface area contributed by atoms with E-state index in [9.17, 15) is 0 Å². The summed E-state index contributed by atoms with van der Waals surface area (Å²) in [6.45, 7) is 2.64. The van der Waals surface area contributed by atoms with Crippen LogP contribution in [0, 0.1) is 0 Å². The van der Waals surface area contributed by atoms with Crippen molar-refractivity contribution in [1.29, 1.82) is 0 Å². The second-order valence-electron chi connectivity index (χ2n) is 3.88. The Morgan fingerprint density at radius 3 is 3.13 bits per heavy atom. The van der Waals surface area contributed by atoms with E-state index >= 15 is 0 Å². The van der Waals surface area contributed by atoms with Gasteiger partial charge in [-0.15, -0.1) is 0 Å². The van der Waals surface area contributed by atoms with Crippen molar-refractivity contribution in [3.63, 3.8) is 0 Å². The van der Waals surface area contributed by atoms with Crippen LogP contribution >= 0.6 is 0 Å². The third-order valence-corrected chi connectivity index (χ3v) is 2.74. The average molecular weight is 203 g/mol. The predicted octanol–water partition coefficient (Wildman–Crippen LogP) is 1.05. The summed E-state index contributed by atoms with van der Waals surface area (Å²) in [6.07, 6.45) is 2.22. The minimum Gasteiger partial charge on any atom is -0.371 e. The van der Waals surface area contributed by atoms with Crippen molar-refractivity contribution >= 4 is 10.9 Å². The molecule has 0 amide bonds. The van der Waals surface area contributed by atoms with Gasteiger partial charge in [-0.3, -0.25) is 5.10 Å². The van der Waals surface area contributed by atoms with Gasteiger partial charge in [-0.05, 0) is 11.6 Å². The Balaban J connectivity index is 1.72. The second kappa shape index (κ2) is 3.64. The lowest BCUT2D eigenvalue weighted by atomic mass is 10.2. The van der Waals surface area contributed by atoms with Crippen LogP contribution in [0.3, 0.4) is 0 Å². The molecule has 1 fully saturated rings. The number of aromatic nitrogens is 2. The predicted molar refractivity (Wildman–Crippen MR) is 57.5 cm³/mol. The number of hydrogen-bond acceptors (Lipinski definition) is 3. The van der Waals surface area contributed by atoms with E-state index in [4.69, 9.17) is 4.74 Å². The number of benzene rings is 1. The van der Waals surface area contributed by atoms with Crippen molar-refractivity contribution in [3.05, 3.63) is 30.0 Å². The monoisotopic (exact) mass is 203 g/mol. The van der Waals surface area contributed by atoms with Gasteiger partial charge < -0.3 is 10.1 Å². The van der Waals surface area contributed by atoms with Crippen LogP contribution in [-0.2, 0) is 11.3 Å². The van der Waals surface area contributed by atoms with Gasteiger partial charge in [0.1, 0.15) is 0 Å². The summed E-state index contributed by atoms with van der Waals surface area (Å²) in [5.74, 6) is 0. The molecule has 0 atom stereocenters. The Bertz CT molecular complexity index is 462. The molecule has 0 aliphatic carbocycles. The molecular formula is C11H13N3O. The number of fused-ring (bicyclic) bond motifs is 1. The molecule has 1 aromatic heterocycles. The zero-order valence-corrected chi connectivity index (χ0v) is 8.36. The van der Waals surface area contributed by atoms with Gasteiger partial charge in [0.2, 0.25) is 0 Å². The normalized spacial score (nSPS) is 16.8. The van der Waals surface area contributed by atoms with E-state index in [1.54, 1.807) is 0 Å². The molecule has 3 rings (SSSR count). The molecule has 1 aromatic carbocycles. The van der Waals surface area contributed by atoms with Crippen LogP contribution in [0.2, 0.25) is 0 Å². The minimum absolute atomic E-state index is 0.391. The van der Waals surface area contributed by atoms with Crippen LogP contribution < -0.4 is 5.32 Å². The third kappa shape index (κ3) is 1.73. The van der Waals surface area contributed by atoms with Crippen molar-refractivity contribution < 1.29 is 4.74 Å². The fourth-order valence-corrected chi connectivity index (χ4v) is 1.67. The van der Waals surface area contributed by atoms with Gasteiger partial charge in [0.15, 0.2) is 0 Å². The van der Waals surface area contributed by atoms with E-state index in [0.717, 1.165) is 24.0 Å². The third-order valence-electron chi connectivity index (χ3n) is 2.74. The Kier molecular flexibility index (Phi) is 2.16. The van der Waals surface area contributed by atoms with E-state index in [1.165, 1.54) is 5.56 Å². The van der Waals surface area contributed by atoms with Gasteiger partial charge in [0, 0.05) is 18.5 Å². The molecule has 2 N–H and O–H groups in total. The number of nitrogens with one attached hydrogen (secondary N) is 2. The number of hydrogen-bond donors (Lipinski definition) is 2. The lowest BCUT2D eigenvalue weighted by molar-refractivity contribution is 0.00762. The van der Waals surface area contributed by atoms with E-state index in [-0.39, 0.29) is 0 Å². The van der Waals surface area contributed by atoms with Crippen LogP contribution in [0.1, 0.15) is 5.56 Å². The zero-order chi connectivity index (χ0) is 10.1. The van der Waals surface area contributed by atoms with Crippen LogP contribution in [-0.4, -0.2) is 29.4 Å². The van der Waals surface area contributed by atoms with Crippen LogP contribution in [0.5, 0.6) is 0 Å². The maximum atomic E-state index is 5.69. The smallest absolute Gasteiger partial charge is 0.0828 e. The average Bonchev–Trinajstić information content (AvgIpc) is 2.62. The van der Waals surface area contributed by atoms with Crippen molar-refractivity contribution in [3.8, 4) is 0 Å². The van der Waals surface area contributed by atoms with Gasteiger partial charge in [0.25, 0.3) is 0 Å². The number of aromatic amines is 1. The van der Waals surface area contributed by atoms with E-state index in [0.29, 0.717) is 12.7 Å². The zero-order valence-electron chi connectivity index (χ0n) is 8.36. The van der Waals surface area contributed by atoms with Crippen LogP contribution in [0.15, 0.2) is 24.4 Å². The number of ether oxygens (including phenoxy) is 1. The molecule has 2 aromatic rings. The summed E-state index contributed by atoms with van der Waals surface area (Å²) in [7, 11) is 0. The molecule has 0 spiro atoms. The summed E-state index contributed by atoms with van der Waals surface area (Å²) in [5.41, 5.74) is 2.27. The van der Waals surface area contributed by atoms with Gasteiger partial charge >= 0.3 is 0 Å². The highest BCUT2D eigenvalue weighted by molar-refractivity contribution is 5.78. The van der Waals surface area contributed by atoms with Crippen molar-refractivity contribution in [2.24, 2.45) is 0 Å². The first kappa shape index (κ1) is 8.88. The maximum Gasteiger partial charge on any atom is 0.0828 e. The van der Waals surface area contributed by atoms with E-state index in [1.807, 2.05) is 6.20 Å². The minimum atomic E-state index is 0.391. The molecule has 15 heavy (non-hydrogen) atoms. The molecular weight excluding hydrogens is 190 g/mol. The molecule has 0 unspecified atom stereocenters. The first-order chi connectivity index (χ1) is 7.42. The van der Waals surface area contributed by atoms with E-state index < -0.39 is 0 Å². The highest BCUT2D eigenvalue weighted by Crippen LogP contribution is 2.14. The van der Waals surface area contributed by atoms with Gasteiger partial charge in [-0.25, -0.2) is 0 Å². The highest BCUT2D eigenvalue weighted by atomic mass is 16.5. The molecule has 0 radical (unpaired) electrons. The Hall–Kier alpha value is -1.39. The summed E-state index contributed by atoms with van der Waals surface area (Å²) in [4.78, 5) is 0. The standard InChI is InChI=1S/C11H13N3O/c1-2-9-4-13-14-11(9)3-8(1)7-15-10-5-12-6-10/h1-4,10,12H,5-7H2,(H,13,14). The quantitative estimate of drug-likeness (QED) is 0.784.